The quantitative estimate of drug-likeness (QED) is 0.0451. The molecule has 0 saturated heterocycles. The average molecular weight is 1580 g/mol. The lowest BCUT2D eigenvalue weighted by molar-refractivity contribution is 0.360. The first kappa shape index (κ1) is 82.2. The van der Waals surface area contributed by atoms with E-state index in [1.54, 1.807) is 23.9 Å². The van der Waals surface area contributed by atoms with Crippen molar-refractivity contribution in [2.45, 2.75) is 181 Å². The van der Waals surface area contributed by atoms with E-state index in [9.17, 15) is 71.5 Å². The molecule has 0 bridgehead atoms. The maximum Gasteiger partial charge on any atom is 0.201 e. The van der Waals surface area contributed by atoms with Crippen LogP contribution in [0.5, 0.6) is 80.5 Å². The topological polar surface area (TPSA) is 283 Å². The minimum atomic E-state index is -0.674. The summed E-state index contributed by atoms with van der Waals surface area (Å²) in [5.74, 6) is -1.64. The third-order valence-electron chi connectivity index (χ3n) is 20.1. The van der Waals surface area contributed by atoms with Gasteiger partial charge in [0.05, 0.1) is 9.79 Å². The molecule has 0 aromatic heterocycles. The maximum absolute atomic E-state index is 11.1. The van der Waals surface area contributed by atoms with Crippen molar-refractivity contribution in [3.63, 3.8) is 0 Å². The van der Waals surface area contributed by atoms with E-state index in [0.717, 1.165) is 98.1 Å². The molecule has 2 saturated carbocycles. The Labute approximate surface area is 672 Å². The molecule has 0 radical (unpaired) electrons. The van der Waals surface area contributed by atoms with Gasteiger partial charge in [0.1, 0.15) is 23.0 Å². The van der Waals surface area contributed by atoms with Gasteiger partial charge in [-0.1, -0.05) is 248 Å². The molecule has 14 nitrogen and oxygen atoms in total. The van der Waals surface area contributed by atoms with Crippen molar-refractivity contribution in [3.05, 3.63) is 252 Å². The maximum atomic E-state index is 11.1. The van der Waals surface area contributed by atoms with E-state index in [0.29, 0.717) is 23.3 Å². The minimum Gasteiger partial charge on any atom is -0.508 e. The number of hydrogen-bond donors (Lipinski definition) is 14. The van der Waals surface area contributed by atoms with Gasteiger partial charge >= 0.3 is 0 Å². The lowest BCUT2D eigenvalue weighted by Crippen LogP contribution is -2.14. The van der Waals surface area contributed by atoms with Crippen LogP contribution in [-0.4, -0.2) is 71.5 Å². The monoisotopic (exact) mass is 1580 g/mol. The normalized spacial score (nSPS) is 13.2. The van der Waals surface area contributed by atoms with Crippen molar-refractivity contribution in [1.29, 1.82) is 0 Å². The Kier molecular flexibility index (Phi) is 26.5. The van der Waals surface area contributed by atoms with Crippen molar-refractivity contribution >= 4 is 47.0 Å². The summed E-state index contributed by atoms with van der Waals surface area (Å²) in [5.41, 5.74) is 13.2. The molecular formula is C94H96O14S4. The van der Waals surface area contributed by atoms with E-state index in [1.165, 1.54) is 133 Å². The minimum absolute atomic E-state index is 0.154. The predicted molar refractivity (Wildman–Crippen MR) is 452 cm³/mol. The molecule has 0 heterocycles. The predicted octanol–water partition coefficient (Wildman–Crippen LogP) is 25.2. The molecule has 12 aromatic carbocycles. The van der Waals surface area contributed by atoms with Gasteiger partial charge in [0.2, 0.25) is 11.5 Å². The zero-order chi connectivity index (χ0) is 80.3. The SMILES string of the molecule is CC(C)(C)c1cc(O)c(O)cc1Sc1cc(O)c(O)cc1C(C)(C)C.Cc1cc(Sc2cc(C)c(O)cc2C2CCCCC2)c(C2CCCCC2)cc1O.Oc1cc(-c2ccccc2)c(Sc2cc(-c3ccccc3)c(O)cc2-c2ccccc2)cc1-c1ccccc1.Oc1ccc(Sc2ccc(O)c(O)c2O)c(O)c1O. The van der Waals surface area contributed by atoms with Crippen LogP contribution in [0.25, 0.3) is 44.5 Å². The van der Waals surface area contributed by atoms with Gasteiger partial charge in [-0.05, 0) is 226 Å². The van der Waals surface area contributed by atoms with Gasteiger partial charge < -0.3 is 71.5 Å². The molecule has 2 fully saturated rings. The van der Waals surface area contributed by atoms with Crippen molar-refractivity contribution in [1.82, 2.24) is 0 Å². The van der Waals surface area contributed by atoms with Crippen LogP contribution in [0.15, 0.2) is 258 Å². The third-order valence-corrected chi connectivity index (χ3v) is 24.6. The smallest absolute Gasteiger partial charge is 0.201 e. The lowest BCUT2D eigenvalue weighted by Gasteiger charge is -2.27. The molecule has 580 valence electrons. The molecule has 12 aromatic rings. The van der Waals surface area contributed by atoms with Crippen LogP contribution in [-0.2, 0) is 10.8 Å². The Morgan fingerprint density at radius 1 is 0.241 bits per heavy atom. The second kappa shape index (κ2) is 36.2. The molecule has 2 aliphatic rings. The van der Waals surface area contributed by atoms with Crippen LogP contribution in [0.3, 0.4) is 0 Å². The highest BCUT2D eigenvalue weighted by molar-refractivity contribution is 8.00. The largest absolute Gasteiger partial charge is 0.508 e. The first-order chi connectivity index (χ1) is 53.4. The van der Waals surface area contributed by atoms with E-state index in [4.69, 9.17) is 0 Å². The summed E-state index contributed by atoms with van der Waals surface area (Å²) >= 11 is 5.74. The molecule has 0 aliphatic heterocycles. The molecule has 0 spiro atoms. The number of hydrogen-bond acceptors (Lipinski definition) is 18. The van der Waals surface area contributed by atoms with Gasteiger partial charge in [-0.3, -0.25) is 0 Å². The van der Waals surface area contributed by atoms with Crippen molar-refractivity contribution in [2.24, 2.45) is 0 Å². The molecule has 18 heteroatoms. The zero-order valence-electron chi connectivity index (χ0n) is 63.9. The van der Waals surface area contributed by atoms with E-state index in [2.05, 4.69) is 48.5 Å². The van der Waals surface area contributed by atoms with Crippen LogP contribution < -0.4 is 0 Å². The highest BCUT2D eigenvalue weighted by atomic mass is 32.2. The lowest BCUT2D eigenvalue weighted by atomic mass is 9.83. The van der Waals surface area contributed by atoms with Crippen molar-refractivity contribution < 1.29 is 71.5 Å². The summed E-state index contributed by atoms with van der Waals surface area (Å²) in [7, 11) is 0. The first-order valence-electron chi connectivity index (χ1n) is 37.4. The molecule has 14 rings (SSSR count). The summed E-state index contributed by atoms with van der Waals surface area (Å²) in [6.07, 6.45) is 12.7. The van der Waals surface area contributed by atoms with E-state index in [1.807, 2.05) is 188 Å². The number of benzene rings is 12. The Balaban J connectivity index is 0.000000153. The van der Waals surface area contributed by atoms with Gasteiger partial charge in [-0.25, -0.2) is 0 Å². The summed E-state index contributed by atoms with van der Waals surface area (Å²) < 4.78 is 0. The van der Waals surface area contributed by atoms with E-state index >= 15 is 0 Å². The van der Waals surface area contributed by atoms with E-state index in [-0.39, 0.29) is 55.1 Å². The Hall–Kier alpha value is -10.8. The van der Waals surface area contributed by atoms with Gasteiger partial charge in [0.25, 0.3) is 0 Å². The van der Waals surface area contributed by atoms with Gasteiger partial charge in [-0.2, -0.15) is 0 Å². The first-order valence-corrected chi connectivity index (χ1v) is 40.6. The molecule has 0 amide bonds. The van der Waals surface area contributed by atoms with Crippen LogP contribution in [0, 0.1) is 13.8 Å². The number of aryl methyl sites for hydroxylation is 2. The van der Waals surface area contributed by atoms with Crippen LogP contribution >= 0.6 is 47.0 Å². The standard InChI is InChI=1S/C36H26O2S.C26H34O2S.C20H26O4S.C12H10O6S/c37-33-21-31(27-17-9-3-10-18-27)35(23-29(33)25-13-5-1-6-14-25)39-36-24-30(26-15-7-2-8-16-26)34(38)22-32(36)28-19-11-4-12-20-28;1-17-13-25(21(15-23(17)27)19-9-5-3-6-10-19)29-26-14-18(2)24(28)16-22(26)20-11-7-4-8-12-20;1-19(2,3)11-7-13(21)15(23)9-17(11)25-18-10-16(24)14(22)8-12(18)20(4,5)6;13-5-1-3-7(11(17)9(5)15)19-8-4-2-6(14)10(16)12(8)18/h1-24,37-38H;13-16,19-20,27-28H,3-12H2,1-2H3;7-10,21-24H,1-6H3;1-4,13-18H. The fraction of sp³-hybridized carbons (Fsp3) is 0.234. The number of aromatic hydroxyl groups is 14. The number of rotatable bonds is 14. The Morgan fingerprint density at radius 2 is 0.536 bits per heavy atom. The fourth-order valence-corrected chi connectivity index (χ4v) is 18.9. The number of phenolic OH excluding ortho intramolecular Hbond substituents is 14. The second-order valence-electron chi connectivity index (χ2n) is 30.4. The summed E-state index contributed by atoms with van der Waals surface area (Å²) in [6, 6.07) is 67.7. The van der Waals surface area contributed by atoms with Crippen molar-refractivity contribution in [3.8, 4) is 125 Å². The highest BCUT2D eigenvalue weighted by Gasteiger charge is 2.29. The molecule has 0 unspecified atom stereocenters. The number of phenols is 14. The summed E-state index contributed by atoms with van der Waals surface area (Å²) in [4.78, 5) is 6.51. The van der Waals surface area contributed by atoms with Crippen LogP contribution in [0.2, 0.25) is 0 Å². The van der Waals surface area contributed by atoms with Gasteiger partial charge in [0.15, 0.2) is 46.0 Å². The van der Waals surface area contributed by atoms with Crippen LogP contribution in [0.1, 0.15) is 151 Å². The van der Waals surface area contributed by atoms with Gasteiger partial charge in [-0.15, -0.1) is 0 Å². The van der Waals surface area contributed by atoms with E-state index < -0.39 is 34.5 Å². The average Bonchev–Trinajstić information content (AvgIpc) is 0.784. The van der Waals surface area contributed by atoms with Gasteiger partial charge in [0, 0.05) is 40.5 Å². The van der Waals surface area contributed by atoms with Crippen molar-refractivity contribution in [2.75, 3.05) is 0 Å². The molecule has 14 N–H and O–H groups in total. The summed E-state index contributed by atoms with van der Waals surface area (Å²) in [5, 5.41) is 139. The zero-order valence-corrected chi connectivity index (χ0v) is 67.2. The highest BCUT2D eigenvalue weighted by Crippen LogP contribution is 2.54. The molecular weight excluding hydrogens is 1480 g/mol. The Morgan fingerprint density at radius 3 is 0.866 bits per heavy atom. The Bertz CT molecular complexity index is 4960. The third kappa shape index (κ3) is 19.9. The molecule has 2 aliphatic carbocycles. The summed E-state index contributed by atoms with van der Waals surface area (Å²) in [6.45, 7) is 16.2. The molecule has 112 heavy (non-hydrogen) atoms. The molecule has 0 atom stereocenters. The fourth-order valence-electron chi connectivity index (χ4n) is 13.9. The van der Waals surface area contributed by atoms with Crippen LogP contribution in [0.4, 0.5) is 0 Å². The second-order valence-corrected chi connectivity index (χ2v) is 34.7.